The van der Waals surface area contributed by atoms with Crippen LogP contribution in [0.25, 0.3) is 6.08 Å². The van der Waals surface area contributed by atoms with Crippen LogP contribution in [0, 0.1) is 18.3 Å². The topological polar surface area (TPSA) is 116 Å². The van der Waals surface area contributed by atoms with Crippen molar-refractivity contribution in [2.75, 3.05) is 19.2 Å². The number of hydrogen-bond donors (Lipinski definition) is 1. The lowest BCUT2D eigenvalue weighted by Crippen LogP contribution is -2.13. The fraction of sp³-hybridized carbons (Fsp3) is 0.174. The number of carbonyl (C=O) groups excluding carboxylic acids is 1. The van der Waals surface area contributed by atoms with Crippen molar-refractivity contribution >= 4 is 29.4 Å². The van der Waals surface area contributed by atoms with Gasteiger partial charge in [0.25, 0.3) is 5.91 Å². The van der Waals surface area contributed by atoms with E-state index in [4.69, 9.17) is 35.1 Å². The summed E-state index contributed by atoms with van der Waals surface area (Å²) < 4.78 is 26.9. The van der Waals surface area contributed by atoms with Crippen LogP contribution < -0.4 is 24.3 Å². The maximum Gasteiger partial charge on any atom is 0.267 e. The van der Waals surface area contributed by atoms with Crippen molar-refractivity contribution in [2.45, 2.75) is 13.5 Å². The fourth-order valence-corrected chi connectivity index (χ4v) is 3.35. The summed E-state index contributed by atoms with van der Waals surface area (Å²) in [5, 5.41) is 15.9. The van der Waals surface area contributed by atoms with Crippen LogP contribution in [-0.4, -0.2) is 25.0 Å². The first-order chi connectivity index (χ1) is 16.0. The van der Waals surface area contributed by atoms with E-state index in [1.54, 1.807) is 25.1 Å². The van der Waals surface area contributed by atoms with Crippen molar-refractivity contribution < 1.29 is 28.3 Å². The lowest BCUT2D eigenvalue weighted by atomic mass is 10.1. The first kappa shape index (κ1) is 22.0. The van der Waals surface area contributed by atoms with Crippen LogP contribution in [0.3, 0.4) is 0 Å². The summed E-state index contributed by atoms with van der Waals surface area (Å²) >= 11 is 6.43. The molecule has 1 amide bonds. The van der Waals surface area contributed by atoms with E-state index in [-0.39, 0.29) is 29.8 Å². The first-order valence-electron chi connectivity index (χ1n) is 9.72. The standard InChI is InChI=1S/C23H18ClN3O6/c1-13-5-21(27-33-13)26-23(28)16(10-25)6-15-7-17(24)22(20(9-15)29-2)30-11-14-3-4-18-19(8-14)32-12-31-18/h3-9H,11-12H2,1-2H3,(H,26,27,28)/b16-6-. The van der Waals surface area contributed by atoms with E-state index in [2.05, 4.69) is 10.5 Å². The third kappa shape index (κ3) is 5.02. The monoisotopic (exact) mass is 467 g/mol. The van der Waals surface area contributed by atoms with Gasteiger partial charge in [-0.3, -0.25) is 4.79 Å². The minimum atomic E-state index is -0.635. The number of rotatable bonds is 7. The Kier molecular flexibility index (Phi) is 6.38. The largest absolute Gasteiger partial charge is 0.493 e. The second kappa shape index (κ2) is 9.54. The lowest BCUT2D eigenvalue weighted by molar-refractivity contribution is -0.112. The molecule has 1 N–H and O–H groups in total. The van der Waals surface area contributed by atoms with Crippen LogP contribution >= 0.6 is 11.6 Å². The van der Waals surface area contributed by atoms with Crippen LogP contribution in [0.15, 0.2) is 46.5 Å². The van der Waals surface area contributed by atoms with E-state index in [0.717, 1.165) is 5.56 Å². The molecule has 0 aliphatic carbocycles. The maximum absolute atomic E-state index is 12.4. The van der Waals surface area contributed by atoms with Crippen molar-refractivity contribution in [3.05, 3.63) is 63.9 Å². The highest BCUT2D eigenvalue weighted by Crippen LogP contribution is 2.38. The predicted molar refractivity (Wildman–Crippen MR) is 118 cm³/mol. The molecule has 1 aromatic heterocycles. The van der Waals surface area contributed by atoms with Gasteiger partial charge in [-0.05, 0) is 48.4 Å². The highest BCUT2D eigenvalue weighted by atomic mass is 35.5. The van der Waals surface area contributed by atoms with E-state index < -0.39 is 5.91 Å². The third-order valence-corrected chi connectivity index (χ3v) is 4.90. The zero-order valence-corrected chi connectivity index (χ0v) is 18.4. The molecule has 3 aromatic rings. The number of fused-ring (bicyclic) bond motifs is 1. The van der Waals surface area contributed by atoms with Gasteiger partial charge in [-0.15, -0.1) is 0 Å². The Balaban J connectivity index is 1.52. The number of halogens is 1. The maximum atomic E-state index is 12.4. The number of nitriles is 1. The molecule has 2 heterocycles. The Hall–Kier alpha value is -4.16. The zero-order valence-electron chi connectivity index (χ0n) is 17.7. The number of carbonyl (C=O) groups is 1. The number of aryl methyl sites for hydroxylation is 1. The van der Waals surface area contributed by atoms with Crippen molar-refractivity contribution in [1.82, 2.24) is 5.16 Å². The Morgan fingerprint density at radius 3 is 2.82 bits per heavy atom. The number of anilines is 1. The van der Waals surface area contributed by atoms with Gasteiger partial charge in [0.05, 0.1) is 12.1 Å². The molecule has 168 valence electrons. The number of benzene rings is 2. The molecule has 1 aliphatic heterocycles. The van der Waals surface area contributed by atoms with Gasteiger partial charge >= 0.3 is 0 Å². The molecule has 0 fully saturated rings. The van der Waals surface area contributed by atoms with Gasteiger partial charge in [0, 0.05) is 6.07 Å². The molecule has 0 bridgehead atoms. The smallest absolute Gasteiger partial charge is 0.267 e. The van der Waals surface area contributed by atoms with Crippen LogP contribution in [0.2, 0.25) is 5.02 Å². The van der Waals surface area contributed by atoms with E-state index >= 15 is 0 Å². The number of methoxy groups -OCH3 is 1. The normalized spacial score (nSPS) is 12.2. The molecule has 0 radical (unpaired) electrons. The summed E-state index contributed by atoms with van der Waals surface area (Å²) in [5.41, 5.74) is 1.19. The lowest BCUT2D eigenvalue weighted by Gasteiger charge is -2.14. The Bertz CT molecular complexity index is 1280. The minimum Gasteiger partial charge on any atom is -0.493 e. The molecular weight excluding hydrogens is 450 g/mol. The Morgan fingerprint density at radius 2 is 2.09 bits per heavy atom. The Morgan fingerprint density at radius 1 is 1.27 bits per heavy atom. The first-order valence-corrected chi connectivity index (χ1v) is 10.1. The minimum absolute atomic E-state index is 0.150. The van der Waals surface area contributed by atoms with Gasteiger partial charge in [-0.1, -0.05) is 22.8 Å². The van der Waals surface area contributed by atoms with Crippen LogP contribution in [0.1, 0.15) is 16.9 Å². The van der Waals surface area contributed by atoms with Crippen LogP contribution in [0.4, 0.5) is 5.82 Å². The summed E-state index contributed by atoms with van der Waals surface area (Å²) in [4.78, 5) is 12.4. The van der Waals surface area contributed by atoms with E-state index in [1.165, 1.54) is 13.2 Å². The summed E-state index contributed by atoms with van der Waals surface area (Å²) in [6, 6.07) is 12.1. The van der Waals surface area contributed by atoms with Crippen LogP contribution in [0.5, 0.6) is 23.0 Å². The molecule has 10 heteroatoms. The zero-order chi connectivity index (χ0) is 23.4. The van der Waals surface area contributed by atoms with E-state index in [0.29, 0.717) is 34.3 Å². The summed E-state index contributed by atoms with van der Waals surface area (Å²) in [6.45, 7) is 2.09. The highest BCUT2D eigenvalue weighted by molar-refractivity contribution is 6.32. The summed E-state index contributed by atoms with van der Waals surface area (Å²) in [6.07, 6.45) is 1.39. The number of aromatic nitrogens is 1. The van der Waals surface area contributed by atoms with Gasteiger partial charge in [0.15, 0.2) is 28.8 Å². The van der Waals surface area contributed by atoms with Gasteiger partial charge in [-0.2, -0.15) is 5.26 Å². The van der Waals surface area contributed by atoms with E-state index in [9.17, 15) is 10.1 Å². The molecule has 33 heavy (non-hydrogen) atoms. The number of nitrogens with one attached hydrogen (secondary N) is 1. The molecule has 9 nitrogen and oxygen atoms in total. The second-order valence-corrected chi connectivity index (χ2v) is 7.36. The number of amides is 1. The fourth-order valence-electron chi connectivity index (χ4n) is 3.07. The molecule has 0 saturated heterocycles. The molecular formula is C23H18ClN3O6. The van der Waals surface area contributed by atoms with Crippen molar-refractivity contribution in [1.29, 1.82) is 5.26 Å². The van der Waals surface area contributed by atoms with Crippen molar-refractivity contribution in [3.8, 4) is 29.1 Å². The number of ether oxygens (including phenoxy) is 4. The van der Waals surface area contributed by atoms with Gasteiger partial charge < -0.3 is 28.8 Å². The van der Waals surface area contributed by atoms with Crippen molar-refractivity contribution in [2.24, 2.45) is 0 Å². The van der Waals surface area contributed by atoms with Crippen LogP contribution in [-0.2, 0) is 11.4 Å². The average molecular weight is 468 g/mol. The second-order valence-electron chi connectivity index (χ2n) is 6.96. The Labute approximate surface area is 194 Å². The number of hydrogen-bond acceptors (Lipinski definition) is 8. The van der Waals surface area contributed by atoms with Gasteiger partial charge in [-0.25, -0.2) is 0 Å². The summed E-state index contributed by atoms with van der Waals surface area (Å²) in [5.74, 6) is 2.11. The third-order valence-electron chi connectivity index (χ3n) is 4.62. The molecule has 0 saturated carbocycles. The number of nitrogens with zero attached hydrogens (tertiary/aromatic N) is 2. The highest BCUT2D eigenvalue weighted by Gasteiger charge is 2.17. The van der Waals surface area contributed by atoms with Gasteiger partial charge in [0.2, 0.25) is 6.79 Å². The molecule has 0 unspecified atom stereocenters. The molecule has 4 rings (SSSR count). The van der Waals surface area contributed by atoms with E-state index in [1.807, 2.05) is 24.3 Å². The molecule has 0 atom stereocenters. The predicted octanol–water partition coefficient (Wildman–Crippen LogP) is 4.50. The molecule has 1 aliphatic rings. The quantitative estimate of drug-likeness (QED) is 0.399. The molecule has 0 spiro atoms. The molecule has 2 aromatic carbocycles. The summed E-state index contributed by atoms with van der Waals surface area (Å²) in [7, 11) is 1.47. The van der Waals surface area contributed by atoms with Crippen molar-refractivity contribution in [3.63, 3.8) is 0 Å². The SMILES string of the molecule is COc1cc(/C=C(/C#N)C(=O)Nc2cc(C)on2)cc(Cl)c1OCc1ccc2c(c1)OCO2. The average Bonchev–Trinajstić information content (AvgIpc) is 3.44. The van der Waals surface area contributed by atoms with Gasteiger partial charge in [0.1, 0.15) is 24.0 Å².